The van der Waals surface area contributed by atoms with E-state index in [1.54, 1.807) is 16.7 Å². The molecule has 0 spiro atoms. The van der Waals surface area contributed by atoms with Gasteiger partial charge in [0.25, 0.3) is 5.91 Å². The summed E-state index contributed by atoms with van der Waals surface area (Å²) in [4.78, 5) is 28.7. The summed E-state index contributed by atoms with van der Waals surface area (Å²) in [6, 6.07) is 13.4. The van der Waals surface area contributed by atoms with Crippen molar-refractivity contribution < 1.29 is 10.0 Å². The summed E-state index contributed by atoms with van der Waals surface area (Å²) in [5, 5.41) is 9.15. The van der Waals surface area contributed by atoms with E-state index >= 15 is 0 Å². The molecule has 0 bridgehead atoms. The first-order chi connectivity index (χ1) is 11.6. The van der Waals surface area contributed by atoms with Crippen LogP contribution in [0.4, 0.5) is 0 Å². The SMILES string of the molecule is CCn1cc(C(=O)NO)c(=O)c2ccc(Cc3ccccc3)nc21. The van der Waals surface area contributed by atoms with Gasteiger partial charge in [0.15, 0.2) is 0 Å². The maximum Gasteiger partial charge on any atom is 0.280 e. The minimum absolute atomic E-state index is 0.107. The molecule has 0 aliphatic carbocycles. The van der Waals surface area contributed by atoms with Crippen LogP contribution in [0.1, 0.15) is 28.5 Å². The van der Waals surface area contributed by atoms with Crippen LogP contribution in [-0.2, 0) is 13.0 Å². The van der Waals surface area contributed by atoms with Gasteiger partial charge in [0.1, 0.15) is 11.2 Å². The Bertz CT molecular complexity index is 949. The molecule has 0 radical (unpaired) electrons. The second kappa shape index (κ2) is 6.64. The second-order valence-electron chi connectivity index (χ2n) is 5.43. The molecule has 24 heavy (non-hydrogen) atoms. The van der Waals surface area contributed by atoms with Crippen LogP contribution >= 0.6 is 0 Å². The maximum absolute atomic E-state index is 12.4. The molecule has 0 saturated heterocycles. The summed E-state index contributed by atoms with van der Waals surface area (Å²) in [6.45, 7) is 2.44. The quantitative estimate of drug-likeness (QED) is 0.569. The van der Waals surface area contributed by atoms with Crippen molar-refractivity contribution in [3.63, 3.8) is 0 Å². The van der Waals surface area contributed by atoms with E-state index < -0.39 is 11.3 Å². The van der Waals surface area contributed by atoms with E-state index in [0.717, 1.165) is 11.3 Å². The highest BCUT2D eigenvalue weighted by Crippen LogP contribution is 2.14. The van der Waals surface area contributed by atoms with Crippen LogP contribution in [-0.4, -0.2) is 20.7 Å². The predicted molar refractivity (Wildman–Crippen MR) is 90.2 cm³/mol. The van der Waals surface area contributed by atoms with Gasteiger partial charge in [-0.1, -0.05) is 30.3 Å². The first kappa shape index (κ1) is 15.9. The zero-order chi connectivity index (χ0) is 17.1. The molecule has 0 fully saturated rings. The molecule has 0 atom stereocenters. The minimum atomic E-state index is -0.822. The van der Waals surface area contributed by atoms with Crippen LogP contribution in [0, 0.1) is 0 Å². The Labute approximate surface area is 138 Å². The number of benzene rings is 1. The Morgan fingerprint density at radius 3 is 2.62 bits per heavy atom. The van der Waals surface area contributed by atoms with E-state index in [0.29, 0.717) is 24.0 Å². The molecule has 3 rings (SSSR count). The standard InChI is InChI=1S/C18H17N3O3/c1-2-21-11-15(18(23)20-24)16(22)14-9-8-13(19-17(14)21)10-12-6-4-3-5-7-12/h3-9,11,24H,2,10H2,1H3,(H,20,23). The first-order valence-electron chi connectivity index (χ1n) is 7.65. The van der Waals surface area contributed by atoms with Crippen LogP contribution in [0.5, 0.6) is 0 Å². The molecule has 0 saturated carbocycles. The lowest BCUT2D eigenvalue weighted by atomic mass is 10.1. The summed E-state index contributed by atoms with van der Waals surface area (Å²) >= 11 is 0. The number of pyridine rings is 2. The Kier molecular flexibility index (Phi) is 4.39. The number of carbonyl (C=O) groups excluding carboxylic acids is 1. The molecule has 122 valence electrons. The third kappa shape index (κ3) is 2.91. The number of carbonyl (C=O) groups is 1. The Balaban J connectivity index is 2.13. The topological polar surface area (TPSA) is 84.2 Å². The summed E-state index contributed by atoms with van der Waals surface area (Å²) in [6.07, 6.45) is 2.09. The van der Waals surface area contributed by atoms with Crippen molar-refractivity contribution in [1.29, 1.82) is 0 Å². The van der Waals surface area contributed by atoms with Crippen LogP contribution < -0.4 is 10.9 Å². The van der Waals surface area contributed by atoms with E-state index in [1.165, 1.54) is 11.7 Å². The van der Waals surface area contributed by atoms with Gasteiger partial charge in [-0.2, -0.15) is 0 Å². The maximum atomic E-state index is 12.4. The predicted octanol–water partition coefficient (Wildman–Crippen LogP) is 2.13. The fourth-order valence-electron chi connectivity index (χ4n) is 2.67. The number of amides is 1. The number of rotatable bonds is 4. The lowest BCUT2D eigenvalue weighted by Gasteiger charge is -2.11. The van der Waals surface area contributed by atoms with Gasteiger partial charge in [-0.3, -0.25) is 14.8 Å². The molecule has 6 nitrogen and oxygen atoms in total. The smallest absolute Gasteiger partial charge is 0.280 e. The third-order valence-electron chi connectivity index (χ3n) is 3.89. The van der Waals surface area contributed by atoms with E-state index in [1.807, 2.05) is 37.3 Å². The number of hydrogen-bond acceptors (Lipinski definition) is 4. The zero-order valence-electron chi connectivity index (χ0n) is 13.2. The summed E-state index contributed by atoms with van der Waals surface area (Å²) < 4.78 is 1.73. The molecule has 6 heteroatoms. The van der Waals surface area contributed by atoms with Gasteiger partial charge in [-0.25, -0.2) is 10.5 Å². The van der Waals surface area contributed by atoms with E-state index in [9.17, 15) is 9.59 Å². The largest absolute Gasteiger partial charge is 0.332 e. The highest BCUT2D eigenvalue weighted by Gasteiger charge is 2.15. The van der Waals surface area contributed by atoms with Gasteiger partial charge >= 0.3 is 0 Å². The number of aromatic nitrogens is 2. The van der Waals surface area contributed by atoms with Crippen molar-refractivity contribution in [2.75, 3.05) is 0 Å². The molecule has 0 aliphatic heterocycles. The van der Waals surface area contributed by atoms with Crippen LogP contribution in [0.25, 0.3) is 11.0 Å². The number of aryl methyl sites for hydroxylation is 1. The second-order valence-corrected chi connectivity index (χ2v) is 5.43. The number of nitrogens with zero attached hydrogens (tertiary/aromatic N) is 2. The molecule has 3 aromatic rings. The summed E-state index contributed by atoms with van der Waals surface area (Å²) in [5.74, 6) is -0.822. The van der Waals surface area contributed by atoms with Crippen molar-refractivity contribution in [3.8, 4) is 0 Å². The number of fused-ring (bicyclic) bond motifs is 1. The summed E-state index contributed by atoms with van der Waals surface area (Å²) in [5.41, 5.74) is 3.46. The Morgan fingerprint density at radius 1 is 1.21 bits per heavy atom. The fraction of sp³-hybridized carbons (Fsp3) is 0.167. The Morgan fingerprint density at radius 2 is 1.96 bits per heavy atom. The van der Waals surface area contributed by atoms with Crippen molar-refractivity contribution in [2.45, 2.75) is 19.9 Å². The van der Waals surface area contributed by atoms with Crippen molar-refractivity contribution in [2.24, 2.45) is 0 Å². The average Bonchev–Trinajstić information content (AvgIpc) is 2.62. The molecule has 0 aliphatic rings. The first-order valence-corrected chi connectivity index (χ1v) is 7.65. The van der Waals surface area contributed by atoms with Gasteiger partial charge in [0, 0.05) is 24.9 Å². The lowest BCUT2D eigenvalue weighted by Crippen LogP contribution is -2.27. The monoisotopic (exact) mass is 323 g/mol. The molecule has 2 heterocycles. The average molecular weight is 323 g/mol. The van der Waals surface area contributed by atoms with E-state index in [2.05, 4.69) is 4.98 Å². The van der Waals surface area contributed by atoms with E-state index in [-0.39, 0.29) is 5.56 Å². The molecule has 1 aromatic carbocycles. The fourth-order valence-corrected chi connectivity index (χ4v) is 2.67. The molecular formula is C18H17N3O3. The molecule has 0 unspecified atom stereocenters. The third-order valence-corrected chi connectivity index (χ3v) is 3.89. The highest BCUT2D eigenvalue weighted by atomic mass is 16.5. The highest BCUT2D eigenvalue weighted by molar-refractivity contribution is 5.96. The summed E-state index contributed by atoms with van der Waals surface area (Å²) in [7, 11) is 0. The van der Waals surface area contributed by atoms with E-state index in [4.69, 9.17) is 5.21 Å². The molecule has 2 aromatic heterocycles. The van der Waals surface area contributed by atoms with Gasteiger partial charge in [-0.15, -0.1) is 0 Å². The number of nitrogens with one attached hydrogen (secondary N) is 1. The Hall–Kier alpha value is -2.99. The van der Waals surface area contributed by atoms with Crippen LogP contribution in [0.2, 0.25) is 0 Å². The number of hydroxylamine groups is 1. The van der Waals surface area contributed by atoms with Crippen molar-refractivity contribution >= 4 is 16.9 Å². The van der Waals surface area contributed by atoms with Crippen LogP contribution in [0.15, 0.2) is 53.5 Å². The minimum Gasteiger partial charge on any atom is -0.332 e. The number of hydrogen-bond donors (Lipinski definition) is 2. The van der Waals surface area contributed by atoms with Gasteiger partial charge in [0.05, 0.1) is 5.39 Å². The molecule has 1 amide bonds. The van der Waals surface area contributed by atoms with Crippen molar-refractivity contribution in [1.82, 2.24) is 15.0 Å². The normalized spacial score (nSPS) is 10.8. The van der Waals surface area contributed by atoms with Crippen LogP contribution in [0.3, 0.4) is 0 Å². The lowest BCUT2D eigenvalue weighted by molar-refractivity contribution is 0.0704. The van der Waals surface area contributed by atoms with Gasteiger partial charge in [-0.05, 0) is 24.6 Å². The molecule has 2 N–H and O–H groups in total. The zero-order valence-corrected chi connectivity index (χ0v) is 13.2. The van der Waals surface area contributed by atoms with Crippen molar-refractivity contribution in [3.05, 3.63) is 75.7 Å². The molecular weight excluding hydrogens is 306 g/mol. The van der Waals surface area contributed by atoms with Gasteiger partial charge < -0.3 is 4.57 Å². The van der Waals surface area contributed by atoms with Gasteiger partial charge in [0.2, 0.25) is 5.43 Å².